The summed E-state index contributed by atoms with van der Waals surface area (Å²) in [4.78, 5) is 12.4. The van der Waals surface area contributed by atoms with Gasteiger partial charge in [-0.25, -0.2) is 9.97 Å². The lowest BCUT2D eigenvalue weighted by Gasteiger charge is -2.12. The molecule has 2 aromatic heterocycles. The number of benzene rings is 1. The average Bonchev–Trinajstić information content (AvgIpc) is 2.53. The Morgan fingerprint density at radius 2 is 1.48 bits per heavy atom. The van der Waals surface area contributed by atoms with Gasteiger partial charge in [-0.15, -0.1) is 0 Å². The lowest BCUT2D eigenvalue weighted by molar-refractivity contribution is 1.17. The van der Waals surface area contributed by atoms with Crippen molar-refractivity contribution in [3.8, 4) is 0 Å². The van der Waals surface area contributed by atoms with Crippen molar-refractivity contribution >= 4 is 28.7 Å². The molecule has 3 rings (SSSR count). The molecule has 0 amide bonds. The van der Waals surface area contributed by atoms with E-state index in [2.05, 4.69) is 25.6 Å². The van der Waals surface area contributed by atoms with Crippen LogP contribution >= 0.6 is 0 Å². The maximum Gasteiger partial charge on any atom is 0.159 e. The Hall–Kier alpha value is -3.15. The number of hydrogen-bond acceptors (Lipinski definition) is 6. The van der Waals surface area contributed by atoms with Crippen LogP contribution in [0.2, 0.25) is 0 Å². The smallest absolute Gasteiger partial charge is 0.159 e. The summed E-state index contributed by atoms with van der Waals surface area (Å²) in [6, 6.07) is 13.4. The van der Waals surface area contributed by atoms with Gasteiger partial charge in [0.1, 0.15) is 12.0 Å². The van der Waals surface area contributed by atoms with Crippen molar-refractivity contribution in [2.45, 2.75) is 0 Å². The standard InChI is InChI=1S/C15H14N6/c16-13-14(20-11-5-2-1-3-6-11)18-10-19-15(13)21-12-7-4-8-17-9-12/h1-10H,16H2,(H2,18,19,20,21). The minimum atomic E-state index is 0.449. The van der Waals surface area contributed by atoms with Crippen LogP contribution in [0.3, 0.4) is 0 Å². The van der Waals surface area contributed by atoms with Gasteiger partial charge in [-0.05, 0) is 24.3 Å². The third-order valence-electron chi connectivity index (χ3n) is 2.84. The van der Waals surface area contributed by atoms with Crippen molar-refractivity contribution in [2.75, 3.05) is 16.4 Å². The number of nitrogens with zero attached hydrogens (tertiary/aromatic N) is 3. The number of anilines is 5. The number of hydrogen-bond donors (Lipinski definition) is 3. The Balaban J connectivity index is 1.85. The summed E-state index contributed by atoms with van der Waals surface area (Å²) in [6.07, 6.45) is 4.86. The summed E-state index contributed by atoms with van der Waals surface area (Å²) in [7, 11) is 0. The Morgan fingerprint density at radius 1 is 0.810 bits per heavy atom. The number of pyridine rings is 1. The van der Waals surface area contributed by atoms with E-state index in [4.69, 9.17) is 5.73 Å². The molecule has 0 unspecified atom stereocenters. The summed E-state index contributed by atoms with van der Waals surface area (Å²) < 4.78 is 0. The van der Waals surface area contributed by atoms with E-state index in [-0.39, 0.29) is 0 Å². The van der Waals surface area contributed by atoms with Crippen molar-refractivity contribution in [1.29, 1.82) is 0 Å². The molecular formula is C15H14N6. The van der Waals surface area contributed by atoms with Crippen molar-refractivity contribution in [3.05, 3.63) is 61.2 Å². The van der Waals surface area contributed by atoms with E-state index in [0.717, 1.165) is 11.4 Å². The van der Waals surface area contributed by atoms with E-state index in [9.17, 15) is 0 Å². The fraction of sp³-hybridized carbons (Fsp3) is 0. The van der Waals surface area contributed by atoms with Crippen LogP contribution in [-0.2, 0) is 0 Å². The molecule has 2 heterocycles. The Kier molecular flexibility index (Phi) is 3.60. The first kappa shape index (κ1) is 12.9. The molecule has 0 bridgehead atoms. The normalized spacial score (nSPS) is 10.1. The Bertz CT molecular complexity index is 655. The Morgan fingerprint density at radius 3 is 2.14 bits per heavy atom. The third kappa shape index (κ3) is 3.06. The predicted molar refractivity (Wildman–Crippen MR) is 83.7 cm³/mol. The summed E-state index contributed by atoms with van der Waals surface area (Å²) in [5.74, 6) is 1.10. The van der Waals surface area contributed by atoms with Crippen LogP contribution in [0.1, 0.15) is 0 Å². The minimum Gasteiger partial charge on any atom is -0.393 e. The van der Waals surface area contributed by atoms with Crippen LogP contribution in [-0.4, -0.2) is 15.0 Å². The molecule has 0 aliphatic rings. The van der Waals surface area contributed by atoms with E-state index in [1.54, 1.807) is 12.4 Å². The quantitative estimate of drug-likeness (QED) is 0.680. The summed E-state index contributed by atoms with van der Waals surface area (Å²) in [5.41, 5.74) is 8.28. The zero-order valence-electron chi connectivity index (χ0n) is 11.2. The number of nitrogen functional groups attached to an aromatic ring is 1. The van der Waals surface area contributed by atoms with E-state index in [0.29, 0.717) is 17.3 Å². The highest BCUT2D eigenvalue weighted by molar-refractivity contribution is 5.79. The molecule has 0 atom stereocenters. The highest BCUT2D eigenvalue weighted by Gasteiger charge is 2.08. The van der Waals surface area contributed by atoms with Crippen LogP contribution in [0, 0.1) is 0 Å². The van der Waals surface area contributed by atoms with E-state index in [1.165, 1.54) is 6.33 Å². The maximum atomic E-state index is 6.11. The topological polar surface area (TPSA) is 88.8 Å². The summed E-state index contributed by atoms with van der Waals surface area (Å²) in [5, 5.41) is 6.29. The minimum absolute atomic E-state index is 0.449. The molecule has 0 aliphatic heterocycles. The maximum absolute atomic E-state index is 6.11. The molecule has 0 aliphatic carbocycles. The average molecular weight is 278 g/mol. The zero-order valence-corrected chi connectivity index (χ0v) is 11.2. The molecule has 6 nitrogen and oxygen atoms in total. The van der Waals surface area contributed by atoms with Crippen LogP contribution < -0.4 is 16.4 Å². The largest absolute Gasteiger partial charge is 0.393 e. The fourth-order valence-electron chi connectivity index (χ4n) is 1.83. The molecule has 104 valence electrons. The van der Waals surface area contributed by atoms with Crippen molar-refractivity contribution in [1.82, 2.24) is 15.0 Å². The molecule has 0 spiro atoms. The van der Waals surface area contributed by atoms with Crippen molar-refractivity contribution < 1.29 is 0 Å². The third-order valence-corrected chi connectivity index (χ3v) is 2.84. The monoisotopic (exact) mass is 278 g/mol. The van der Waals surface area contributed by atoms with Crippen LogP contribution in [0.4, 0.5) is 28.7 Å². The van der Waals surface area contributed by atoms with Gasteiger partial charge in [0.25, 0.3) is 0 Å². The molecule has 21 heavy (non-hydrogen) atoms. The van der Waals surface area contributed by atoms with Crippen LogP contribution in [0.5, 0.6) is 0 Å². The molecule has 4 N–H and O–H groups in total. The highest BCUT2D eigenvalue weighted by atomic mass is 15.1. The zero-order chi connectivity index (χ0) is 14.5. The molecule has 0 fully saturated rings. The SMILES string of the molecule is Nc1c(Nc2ccccc2)ncnc1Nc1cccnc1. The Labute approximate surface area is 122 Å². The molecule has 1 aromatic carbocycles. The van der Waals surface area contributed by atoms with Gasteiger partial charge in [-0.3, -0.25) is 4.98 Å². The molecular weight excluding hydrogens is 264 g/mol. The first-order valence-electron chi connectivity index (χ1n) is 6.42. The van der Waals surface area contributed by atoms with Crippen molar-refractivity contribution in [2.24, 2.45) is 0 Å². The lowest BCUT2D eigenvalue weighted by atomic mass is 10.3. The second kappa shape index (κ2) is 5.87. The molecule has 0 radical (unpaired) electrons. The van der Waals surface area contributed by atoms with Gasteiger partial charge in [0, 0.05) is 11.9 Å². The molecule has 0 saturated heterocycles. The van der Waals surface area contributed by atoms with Crippen LogP contribution in [0.15, 0.2) is 61.2 Å². The van der Waals surface area contributed by atoms with E-state index in [1.807, 2.05) is 42.5 Å². The summed E-state index contributed by atoms with van der Waals surface area (Å²) in [6.45, 7) is 0. The molecule has 6 heteroatoms. The highest BCUT2D eigenvalue weighted by Crippen LogP contribution is 2.27. The van der Waals surface area contributed by atoms with Gasteiger partial charge in [0.05, 0.1) is 11.9 Å². The predicted octanol–water partition coefficient (Wildman–Crippen LogP) is 2.94. The fourth-order valence-corrected chi connectivity index (χ4v) is 1.83. The van der Waals surface area contributed by atoms with Gasteiger partial charge in [0.2, 0.25) is 0 Å². The second-order valence-corrected chi connectivity index (χ2v) is 4.34. The van der Waals surface area contributed by atoms with Crippen molar-refractivity contribution in [3.63, 3.8) is 0 Å². The van der Waals surface area contributed by atoms with E-state index >= 15 is 0 Å². The number of aromatic nitrogens is 3. The number of para-hydroxylation sites is 1. The second-order valence-electron chi connectivity index (χ2n) is 4.34. The summed E-state index contributed by atoms with van der Waals surface area (Å²) >= 11 is 0. The van der Waals surface area contributed by atoms with Gasteiger partial charge in [-0.1, -0.05) is 18.2 Å². The van der Waals surface area contributed by atoms with Gasteiger partial charge in [0.15, 0.2) is 11.6 Å². The van der Waals surface area contributed by atoms with Gasteiger partial charge in [-0.2, -0.15) is 0 Å². The number of nitrogens with one attached hydrogen (secondary N) is 2. The first-order chi connectivity index (χ1) is 10.3. The van der Waals surface area contributed by atoms with E-state index < -0.39 is 0 Å². The lowest BCUT2D eigenvalue weighted by Crippen LogP contribution is -2.05. The molecule has 3 aromatic rings. The number of rotatable bonds is 4. The van der Waals surface area contributed by atoms with Crippen LogP contribution in [0.25, 0.3) is 0 Å². The number of nitrogens with two attached hydrogens (primary N) is 1. The molecule has 0 saturated carbocycles. The first-order valence-corrected chi connectivity index (χ1v) is 6.42. The van der Waals surface area contributed by atoms with Gasteiger partial charge >= 0.3 is 0 Å². The van der Waals surface area contributed by atoms with Gasteiger partial charge < -0.3 is 16.4 Å².